The molecule has 0 bridgehead atoms. The van der Waals surface area contributed by atoms with Gasteiger partial charge in [0.05, 0.1) is 0 Å². The molecule has 2 atom stereocenters. The molecule has 0 aromatic heterocycles. The fourth-order valence-electron chi connectivity index (χ4n) is 1.53. The summed E-state index contributed by atoms with van der Waals surface area (Å²) in [5.74, 6) is 0.619. The number of thioether (sulfide) groups is 1. The number of hydrogen-bond donors (Lipinski definition) is 3. The molecule has 1 heterocycles. The maximum atomic E-state index is 11.7. The van der Waals surface area contributed by atoms with Crippen molar-refractivity contribution in [3.05, 3.63) is 0 Å². The molecular weight excluding hydrogens is 226 g/mol. The van der Waals surface area contributed by atoms with Gasteiger partial charge in [0, 0.05) is 12.3 Å². The first kappa shape index (κ1) is 13.8. The number of carbonyl (C=O) groups excluding carboxylic acids is 1. The summed E-state index contributed by atoms with van der Waals surface area (Å²) < 4.78 is 5.35. The van der Waals surface area contributed by atoms with E-state index in [9.17, 15) is 4.79 Å². The molecule has 6 heteroatoms. The number of esters is 1. The largest absolute Gasteiger partial charge is 0.433 e. The van der Waals surface area contributed by atoms with Crippen molar-refractivity contribution in [2.45, 2.75) is 37.3 Å². The van der Waals surface area contributed by atoms with Gasteiger partial charge in [0.15, 0.2) is 0 Å². The Hall–Kier alpha value is -0.300. The minimum atomic E-state index is -0.595. The zero-order chi connectivity index (χ0) is 12.0. The highest BCUT2D eigenvalue weighted by atomic mass is 32.2. The van der Waals surface area contributed by atoms with Gasteiger partial charge in [0.25, 0.3) is 0 Å². The van der Waals surface area contributed by atoms with Gasteiger partial charge in [-0.1, -0.05) is 18.2 Å². The summed E-state index contributed by atoms with van der Waals surface area (Å²) in [6.45, 7) is 3.35. The minimum Gasteiger partial charge on any atom is -0.433 e. The Morgan fingerprint density at radius 3 is 2.94 bits per heavy atom. The Kier molecular flexibility index (Phi) is 5.54. The standard InChI is InChI=1S/C10H21N3O2S/c1-10(13-6-7-16-10)15-9(14)8(12)4-2-3-5-11/h8,13H,2-7,11-12H2,1H3/t8-,10?/m0/s1. The van der Waals surface area contributed by atoms with Crippen molar-refractivity contribution >= 4 is 17.7 Å². The van der Waals surface area contributed by atoms with E-state index in [0.29, 0.717) is 13.0 Å². The molecule has 0 radical (unpaired) electrons. The topological polar surface area (TPSA) is 90.4 Å². The maximum absolute atomic E-state index is 11.7. The van der Waals surface area contributed by atoms with Gasteiger partial charge in [0.2, 0.25) is 5.06 Å². The van der Waals surface area contributed by atoms with Crippen molar-refractivity contribution in [3.63, 3.8) is 0 Å². The van der Waals surface area contributed by atoms with E-state index in [0.717, 1.165) is 25.1 Å². The first-order valence-corrected chi connectivity index (χ1v) is 6.63. The van der Waals surface area contributed by atoms with Gasteiger partial charge >= 0.3 is 5.97 Å². The van der Waals surface area contributed by atoms with Crippen LogP contribution in [0.2, 0.25) is 0 Å². The summed E-state index contributed by atoms with van der Waals surface area (Å²) >= 11 is 1.59. The molecule has 1 aliphatic heterocycles. The van der Waals surface area contributed by atoms with Crippen LogP contribution >= 0.6 is 11.8 Å². The molecule has 1 saturated heterocycles. The molecule has 1 aliphatic rings. The van der Waals surface area contributed by atoms with Crippen molar-refractivity contribution in [2.24, 2.45) is 11.5 Å². The second-order valence-corrected chi connectivity index (χ2v) is 5.51. The molecule has 0 aromatic rings. The van der Waals surface area contributed by atoms with E-state index in [1.54, 1.807) is 11.8 Å². The van der Waals surface area contributed by atoms with E-state index in [1.807, 2.05) is 6.92 Å². The number of nitrogens with one attached hydrogen (secondary N) is 1. The number of nitrogens with two attached hydrogens (primary N) is 2. The van der Waals surface area contributed by atoms with Gasteiger partial charge in [-0.2, -0.15) is 0 Å². The third-order valence-corrected chi connectivity index (χ3v) is 3.68. The van der Waals surface area contributed by atoms with Crippen LogP contribution in [0.1, 0.15) is 26.2 Å². The first-order valence-electron chi connectivity index (χ1n) is 5.65. The van der Waals surface area contributed by atoms with Crippen molar-refractivity contribution in [2.75, 3.05) is 18.8 Å². The number of hydrogen-bond acceptors (Lipinski definition) is 6. The van der Waals surface area contributed by atoms with E-state index in [2.05, 4.69) is 5.32 Å². The molecule has 94 valence electrons. The third kappa shape index (κ3) is 4.29. The molecule has 0 aromatic carbocycles. The highest BCUT2D eigenvalue weighted by molar-refractivity contribution is 8.00. The van der Waals surface area contributed by atoms with E-state index in [1.165, 1.54) is 0 Å². The number of rotatable bonds is 6. The van der Waals surface area contributed by atoms with Gasteiger partial charge in [0.1, 0.15) is 6.04 Å². The second-order valence-electron chi connectivity index (χ2n) is 4.03. The van der Waals surface area contributed by atoms with Crippen molar-refractivity contribution < 1.29 is 9.53 Å². The van der Waals surface area contributed by atoms with Crippen LogP contribution in [0.15, 0.2) is 0 Å². The Morgan fingerprint density at radius 1 is 1.62 bits per heavy atom. The molecule has 1 fully saturated rings. The number of ether oxygens (including phenoxy) is 1. The van der Waals surface area contributed by atoms with Gasteiger partial charge < -0.3 is 16.2 Å². The lowest BCUT2D eigenvalue weighted by Crippen LogP contribution is -2.44. The lowest BCUT2D eigenvalue weighted by atomic mass is 10.1. The van der Waals surface area contributed by atoms with E-state index in [-0.39, 0.29) is 5.97 Å². The van der Waals surface area contributed by atoms with Crippen LogP contribution in [0, 0.1) is 0 Å². The van der Waals surface area contributed by atoms with Crippen LogP contribution in [-0.2, 0) is 9.53 Å². The van der Waals surface area contributed by atoms with Gasteiger partial charge in [-0.3, -0.25) is 10.1 Å². The lowest BCUT2D eigenvalue weighted by molar-refractivity contribution is -0.153. The highest BCUT2D eigenvalue weighted by Gasteiger charge is 2.34. The van der Waals surface area contributed by atoms with Crippen LogP contribution in [0.3, 0.4) is 0 Å². The molecule has 0 saturated carbocycles. The molecule has 0 amide bonds. The van der Waals surface area contributed by atoms with Crippen LogP contribution in [0.5, 0.6) is 0 Å². The quantitative estimate of drug-likeness (QED) is 0.452. The Bertz CT molecular complexity index is 232. The Morgan fingerprint density at radius 2 is 2.38 bits per heavy atom. The molecule has 0 aliphatic carbocycles. The summed E-state index contributed by atoms with van der Waals surface area (Å²) in [7, 11) is 0. The maximum Gasteiger partial charge on any atom is 0.325 e. The Balaban J connectivity index is 2.27. The molecule has 5 nitrogen and oxygen atoms in total. The SMILES string of the molecule is CC1(OC(=O)[C@@H](N)CCCCN)NCCS1. The Labute approximate surface area is 101 Å². The van der Waals surface area contributed by atoms with Gasteiger partial charge in [-0.05, 0) is 26.3 Å². The van der Waals surface area contributed by atoms with Gasteiger partial charge in [-0.15, -0.1) is 0 Å². The summed E-state index contributed by atoms with van der Waals surface area (Å²) in [5, 5.41) is 2.54. The average molecular weight is 247 g/mol. The molecule has 0 spiro atoms. The summed E-state index contributed by atoms with van der Waals surface area (Å²) in [4.78, 5) is 11.7. The number of unbranched alkanes of at least 4 members (excludes halogenated alkanes) is 1. The monoisotopic (exact) mass is 247 g/mol. The first-order chi connectivity index (χ1) is 7.57. The smallest absolute Gasteiger partial charge is 0.325 e. The van der Waals surface area contributed by atoms with Crippen LogP contribution in [0.25, 0.3) is 0 Å². The highest BCUT2D eigenvalue weighted by Crippen LogP contribution is 2.28. The lowest BCUT2D eigenvalue weighted by Gasteiger charge is -2.25. The van der Waals surface area contributed by atoms with E-state index >= 15 is 0 Å². The third-order valence-electron chi connectivity index (χ3n) is 2.49. The zero-order valence-electron chi connectivity index (χ0n) is 9.70. The predicted molar refractivity (Wildman–Crippen MR) is 65.8 cm³/mol. The normalized spacial score (nSPS) is 26.7. The molecule has 1 rings (SSSR count). The zero-order valence-corrected chi connectivity index (χ0v) is 10.5. The molecular formula is C10H21N3O2S. The van der Waals surface area contributed by atoms with Gasteiger partial charge in [-0.25, -0.2) is 0 Å². The second kappa shape index (κ2) is 6.44. The van der Waals surface area contributed by atoms with Crippen molar-refractivity contribution in [3.8, 4) is 0 Å². The molecule has 16 heavy (non-hydrogen) atoms. The average Bonchev–Trinajstić information content (AvgIpc) is 2.65. The summed E-state index contributed by atoms with van der Waals surface area (Å²) in [6, 6.07) is -0.536. The fraction of sp³-hybridized carbons (Fsp3) is 0.900. The summed E-state index contributed by atoms with van der Waals surface area (Å²) in [5.41, 5.74) is 11.1. The molecule has 5 N–H and O–H groups in total. The predicted octanol–water partition coefficient (Wildman–Crippen LogP) is -0.00400. The van der Waals surface area contributed by atoms with Crippen molar-refractivity contribution in [1.82, 2.24) is 5.32 Å². The van der Waals surface area contributed by atoms with Crippen LogP contribution < -0.4 is 16.8 Å². The van der Waals surface area contributed by atoms with Crippen LogP contribution in [0.4, 0.5) is 0 Å². The van der Waals surface area contributed by atoms with Crippen LogP contribution in [-0.4, -0.2) is 35.9 Å². The summed E-state index contributed by atoms with van der Waals surface area (Å²) in [6.07, 6.45) is 2.39. The van der Waals surface area contributed by atoms with Crippen molar-refractivity contribution in [1.29, 1.82) is 0 Å². The number of carbonyl (C=O) groups is 1. The fourth-order valence-corrected chi connectivity index (χ4v) is 2.47. The molecule has 1 unspecified atom stereocenters. The van der Waals surface area contributed by atoms with E-state index < -0.39 is 11.1 Å². The minimum absolute atomic E-state index is 0.332. The van der Waals surface area contributed by atoms with E-state index in [4.69, 9.17) is 16.2 Å².